The van der Waals surface area contributed by atoms with Gasteiger partial charge in [0.05, 0.1) is 5.52 Å². The van der Waals surface area contributed by atoms with Gasteiger partial charge in [-0.15, -0.1) is 0 Å². The Labute approximate surface area is 142 Å². The summed E-state index contributed by atoms with van der Waals surface area (Å²) in [7, 11) is 0. The first-order valence-corrected chi connectivity index (χ1v) is 8.06. The van der Waals surface area contributed by atoms with Gasteiger partial charge in [0.1, 0.15) is 11.9 Å². The van der Waals surface area contributed by atoms with E-state index in [-0.39, 0.29) is 11.7 Å². The van der Waals surface area contributed by atoms with Crippen LogP contribution in [0.3, 0.4) is 0 Å². The van der Waals surface area contributed by atoms with Gasteiger partial charge in [0.15, 0.2) is 5.58 Å². The zero-order valence-corrected chi connectivity index (χ0v) is 13.3. The largest absolute Gasteiger partial charge is 0.417 e. The molecule has 3 aromatic rings. The minimum Gasteiger partial charge on any atom is -0.408 e. The van der Waals surface area contributed by atoms with Gasteiger partial charge >= 0.3 is 5.76 Å². The van der Waals surface area contributed by atoms with E-state index in [1.165, 1.54) is 12.1 Å². The van der Waals surface area contributed by atoms with Crippen LogP contribution in [-0.4, -0.2) is 23.5 Å². The Morgan fingerprint density at radius 3 is 2.92 bits per heavy atom. The average Bonchev–Trinajstić information content (AvgIpc) is 2.96. The fraction of sp³-hybridized carbons (Fsp3) is 0.222. The summed E-state index contributed by atoms with van der Waals surface area (Å²) >= 11 is 0. The smallest absolute Gasteiger partial charge is 0.408 e. The molecule has 0 spiro atoms. The second-order valence-electron chi connectivity index (χ2n) is 6.03. The predicted octanol–water partition coefficient (Wildman–Crippen LogP) is 2.87. The van der Waals surface area contributed by atoms with E-state index in [2.05, 4.69) is 10.3 Å². The molecule has 0 unspecified atom stereocenters. The molecule has 0 radical (unpaired) electrons. The highest BCUT2D eigenvalue weighted by Crippen LogP contribution is 2.25. The van der Waals surface area contributed by atoms with Crippen LogP contribution in [0.25, 0.3) is 11.1 Å². The summed E-state index contributed by atoms with van der Waals surface area (Å²) in [6.07, 6.45) is 1.50. The van der Waals surface area contributed by atoms with Crippen LogP contribution in [0.1, 0.15) is 12.8 Å². The van der Waals surface area contributed by atoms with E-state index in [1.807, 2.05) is 0 Å². The first-order valence-electron chi connectivity index (χ1n) is 8.06. The lowest BCUT2D eigenvalue weighted by molar-refractivity contribution is -0.120. The van der Waals surface area contributed by atoms with Gasteiger partial charge in [-0.3, -0.25) is 9.78 Å². The Kier molecular flexibility index (Phi) is 3.76. The molecule has 1 aromatic heterocycles. The first kappa shape index (κ1) is 15.4. The number of nitrogens with one attached hydrogen (secondary N) is 2. The molecule has 1 saturated heterocycles. The molecule has 2 heterocycles. The average molecular weight is 341 g/mol. The second-order valence-corrected chi connectivity index (χ2v) is 6.03. The highest BCUT2D eigenvalue weighted by atomic mass is 19.1. The van der Waals surface area contributed by atoms with Crippen LogP contribution in [0.2, 0.25) is 0 Å². The number of hydrogen-bond acceptors (Lipinski definition) is 4. The molecule has 0 aliphatic carbocycles. The summed E-state index contributed by atoms with van der Waals surface area (Å²) < 4.78 is 18.4. The summed E-state index contributed by atoms with van der Waals surface area (Å²) in [6.45, 7) is 0.564. The van der Waals surface area contributed by atoms with Crippen LogP contribution in [0.4, 0.5) is 15.8 Å². The maximum Gasteiger partial charge on any atom is 0.417 e. The number of carbonyl (C=O) groups is 1. The summed E-state index contributed by atoms with van der Waals surface area (Å²) in [5.74, 6) is -0.981. The van der Waals surface area contributed by atoms with E-state index in [1.54, 1.807) is 35.2 Å². The molecule has 1 aliphatic heterocycles. The van der Waals surface area contributed by atoms with Crippen LogP contribution in [-0.2, 0) is 4.79 Å². The number of fused-ring (bicyclic) bond motifs is 1. The van der Waals surface area contributed by atoms with Gasteiger partial charge in [0.2, 0.25) is 5.91 Å². The maximum atomic E-state index is 13.5. The monoisotopic (exact) mass is 341 g/mol. The predicted molar refractivity (Wildman–Crippen MR) is 92.2 cm³/mol. The number of aromatic nitrogens is 1. The van der Waals surface area contributed by atoms with Gasteiger partial charge in [-0.1, -0.05) is 6.07 Å². The first-order chi connectivity index (χ1) is 12.1. The van der Waals surface area contributed by atoms with E-state index in [0.717, 1.165) is 6.42 Å². The number of rotatable bonds is 3. The Morgan fingerprint density at radius 2 is 2.08 bits per heavy atom. The van der Waals surface area contributed by atoms with Crippen molar-refractivity contribution < 1.29 is 13.6 Å². The van der Waals surface area contributed by atoms with Gasteiger partial charge in [0.25, 0.3) is 0 Å². The molecule has 1 aliphatic rings. The molecule has 128 valence electrons. The van der Waals surface area contributed by atoms with Crippen molar-refractivity contribution in [3.8, 4) is 0 Å². The molecule has 1 atom stereocenters. The van der Waals surface area contributed by atoms with Crippen molar-refractivity contribution in [2.75, 3.05) is 16.8 Å². The number of aromatic amines is 1. The van der Waals surface area contributed by atoms with Crippen LogP contribution >= 0.6 is 0 Å². The van der Waals surface area contributed by atoms with Gasteiger partial charge < -0.3 is 14.6 Å². The summed E-state index contributed by atoms with van der Waals surface area (Å²) in [6, 6.07) is 10.8. The molecule has 2 aromatic carbocycles. The van der Waals surface area contributed by atoms with Crippen molar-refractivity contribution in [1.29, 1.82) is 0 Å². The van der Waals surface area contributed by atoms with Crippen molar-refractivity contribution in [3.63, 3.8) is 0 Å². The van der Waals surface area contributed by atoms with Gasteiger partial charge in [0, 0.05) is 17.9 Å². The number of piperidine rings is 1. The van der Waals surface area contributed by atoms with Gasteiger partial charge in [-0.05, 0) is 49.2 Å². The molecule has 4 rings (SSSR count). The third-order valence-corrected chi connectivity index (χ3v) is 4.32. The van der Waals surface area contributed by atoms with Crippen molar-refractivity contribution in [1.82, 2.24) is 4.98 Å². The molecule has 0 saturated carbocycles. The number of nitrogens with zero attached hydrogens (tertiary/aromatic N) is 1. The third kappa shape index (κ3) is 3.00. The highest BCUT2D eigenvalue weighted by Gasteiger charge is 2.29. The van der Waals surface area contributed by atoms with E-state index in [9.17, 15) is 14.0 Å². The molecule has 1 amide bonds. The van der Waals surface area contributed by atoms with Crippen LogP contribution in [0, 0.1) is 5.82 Å². The Bertz CT molecular complexity index is 994. The van der Waals surface area contributed by atoms with Crippen molar-refractivity contribution in [3.05, 3.63) is 58.8 Å². The number of H-pyrrole nitrogens is 1. The molecular formula is C18H16FN3O3. The Morgan fingerprint density at radius 1 is 1.20 bits per heavy atom. The lowest BCUT2D eigenvalue weighted by atomic mass is 10.0. The topological polar surface area (TPSA) is 78.3 Å². The molecule has 2 N–H and O–H groups in total. The van der Waals surface area contributed by atoms with Gasteiger partial charge in [-0.2, -0.15) is 0 Å². The van der Waals surface area contributed by atoms with Crippen LogP contribution in [0.5, 0.6) is 0 Å². The number of oxazole rings is 1. The molecular weight excluding hydrogens is 325 g/mol. The number of carbonyl (C=O) groups excluding carboxylic acids is 1. The Hall–Kier alpha value is -3.09. The van der Waals surface area contributed by atoms with Gasteiger partial charge in [-0.25, -0.2) is 9.18 Å². The maximum absolute atomic E-state index is 13.5. The summed E-state index contributed by atoms with van der Waals surface area (Å²) in [5.41, 5.74) is 2.31. The number of hydrogen-bond donors (Lipinski definition) is 2. The fourth-order valence-corrected chi connectivity index (χ4v) is 3.15. The van der Waals surface area contributed by atoms with E-state index >= 15 is 0 Å². The minimum absolute atomic E-state index is 0.0994. The van der Waals surface area contributed by atoms with E-state index in [0.29, 0.717) is 35.4 Å². The molecule has 7 heteroatoms. The lowest BCUT2D eigenvalue weighted by Crippen LogP contribution is -2.47. The van der Waals surface area contributed by atoms with Crippen LogP contribution < -0.4 is 16.0 Å². The quantitative estimate of drug-likeness (QED) is 0.768. The molecule has 25 heavy (non-hydrogen) atoms. The standard InChI is InChI=1S/C18H16FN3O3/c19-11-3-1-4-13(9-11)22-8-2-5-14(17(22)23)20-12-6-7-16-15(10-12)21-18(24)25-16/h1,3-4,6-7,9-10,14,20H,2,5,8H2,(H,21,24)/t14-/m0/s1. The number of anilines is 2. The fourth-order valence-electron chi connectivity index (χ4n) is 3.15. The third-order valence-electron chi connectivity index (χ3n) is 4.32. The van der Waals surface area contributed by atoms with E-state index in [4.69, 9.17) is 4.42 Å². The highest BCUT2D eigenvalue weighted by molar-refractivity contribution is 5.99. The Balaban J connectivity index is 1.56. The summed E-state index contributed by atoms with van der Waals surface area (Å²) in [5, 5.41) is 3.20. The van der Waals surface area contributed by atoms with E-state index < -0.39 is 11.8 Å². The zero-order chi connectivity index (χ0) is 17.4. The van der Waals surface area contributed by atoms with Crippen molar-refractivity contribution in [2.24, 2.45) is 0 Å². The molecule has 6 nitrogen and oxygen atoms in total. The normalized spacial score (nSPS) is 17.9. The van der Waals surface area contributed by atoms with Crippen molar-refractivity contribution >= 4 is 28.4 Å². The summed E-state index contributed by atoms with van der Waals surface area (Å²) in [4.78, 5) is 28.2. The molecule has 1 fully saturated rings. The van der Waals surface area contributed by atoms with Crippen LogP contribution in [0.15, 0.2) is 51.7 Å². The lowest BCUT2D eigenvalue weighted by Gasteiger charge is -2.33. The number of halogens is 1. The number of benzene rings is 2. The van der Waals surface area contributed by atoms with Crippen molar-refractivity contribution in [2.45, 2.75) is 18.9 Å². The zero-order valence-electron chi connectivity index (χ0n) is 13.3. The SMILES string of the molecule is O=C1[C@@H](Nc2ccc3oc(=O)[nH]c3c2)CCCN1c1cccc(F)c1. The minimum atomic E-state index is -0.516. The molecule has 0 bridgehead atoms. The second kappa shape index (κ2) is 6.08. The number of amides is 1.